The fraction of sp³-hybridized carbons (Fsp3) is 0.429. The molecule has 0 saturated carbocycles. The molecular formula is C21H24Cl3NO2S. The molecule has 0 aliphatic carbocycles. The summed E-state index contributed by atoms with van der Waals surface area (Å²) in [5.41, 5.74) is 2.27. The number of hydrogen-bond donors (Lipinski definition) is 0. The Morgan fingerprint density at radius 3 is 2.25 bits per heavy atom. The van der Waals surface area contributed by atoms with Crippen LogP contribution in [0.5, 0.6) is 0 Å². The number of halogens is 3. The van der Waals surface area contributed by atoms with Crippen LogP contribution in [0.25, 0.3) is 0 Å². The first-order valence-corrected chi connectivity index (χ1v) is 12.3. The standard InChI is InChI=1S/C21H24Cl3NO2S/c1-28(26,27)25-13-17(4-2-3-16-7-10-20(23)12-21(16)24)18(14-25)11-15-5-8-19(22)9-6-15/h5-10,12,17-18H,2-4,11,13-14H2,1H3/t17-,18+/m0/s1. The average Bonchev–Trinajstić information content (AvgIpc) is 3.02. The van der Waals surface area contributed by atoms with E-state index >= 15 is 0 Å². The lowest BCUT2D eigenvalue weighted by Gasteiger charge is -2.18. The summed E-state index contributed by atoms with van der Waals surface area (Å²) in [6, 6.07) is 13.4. The number of hydrogen-bond acceptors (Lipinski definition) is 2. The Morgan fingerprint density at radius 2 is 1.61 bits per heavy atom. The fourth-order valence-electron chi connectivity index (χ4n) is 3.93. The second-order valence-electron chi connectivity index (χ2n) is 7.56. The van der Waals surface area contributed by atoms with Crippen molar-refractivity contribution in [2.24, 2.45) is 11.8 Å². The second kappa shape index (κ2) is 9.36. The van der Waals surface area contributed by atoms with Crippen molar-refractivity contribution in [1.82, 2.24) is 4.31 Å². The summed E-state index contributed by atoms with van der Waals surface area (Å²) in [4.78, 5) is 0. The summed E-state index contributed by atoms with van der Waals surface area (Å²) in [6.45, 7) is 1.17. The van der Waals surface area contributed by atoms with Gasteiger partial charge in [-0.2, -0.15) is 0 Å². The Bertz CT molecular complexity index is 916. The lowest BCUT2D eigenvalue weighted by atomic mass is 9.86. The van der Waals surface area contributed by atoms with Gasteiger partial charge in [0.2, 0.25) is 10.0 Å². The van der Waals surface area contributed by atoms with Crippen LogP contribution in [0, 0.1) is 11.8 Å². The van der Waals surface area contributed by atoms with Gasteiger partial charge in [-0.05, 0) is 72.9 Å². The molecule has 0 aromatic heterocycles. The summed E-state index contributed by atoms with van der Waals surface area (Å²) in [7, 11) is -3.18. The van der Waals surface area contributed by atoms with Gasteiger partial charge in [0.1, 0.15) is 0 Å². The van der Waals surface area contributed by atoms with E-state index in [1.165, 1.54) is 11.8 Å². The van der Waals surface area contributed by atoms with E-state index < -0.39 is 10.0 Å². The van der Waals surface area contributed by atoms with Gasteiger partial charge in [-0.25, -0.2) is 12.7 Å². The molecule has 1 aliphatic rings. The molecular weight excluding hydrogens is 437 g/mol. The number of rotatable bonds is 7. The van der Waals surface area contributed by atoms with Crippen molar-refractivity contribution in [3.8, 4) is 0 Å². The van der Waals surface area contributed by atoms with Gasteiger partial charge in [0, 0.05) is 28.2 Å². The minimum Gasteiger partial charge on any atom is -0.213 e. The van der Waals surface area contributed by atoms with Gasteiger partial charge in [0.25, 0.3) is 0 Å². The summed E-state index contributed by atoms with van der Waals surface area (Å²) in [5, 5.41) is 2.04. The van der Waals surface area contributed by atoms with Crippen LogP contribution in [0.15, 0.2) is 42.5 Å². The Kier molecular flexibility index (Phi) is 7.32. The molecule has 28 heavy (non-hydrogen) atoms. The summed E-state index contributed by atoms with van der Waals surface area (Å²) in [6.07, 6.45) is 4.93. The van der Waals surface area contributed by atoms with Gasteiger partial charge in [-0.3, -0.25) is 0 Å². The van der Waals surface area contributed by atoms with E-state index in [-0.39, 0.29) is 0 Å². The van der Waals surface area contributed by atoms with Crippen molar-refractivity contribution in [2.75, 3.05) is 19.3 Å². The smallest absolute Gasteiger partial charge is 0.211 e. The van der Waals surface area contributed by atoms with Crippen molar-refractivity contribution < 1.29 is 8.42 Å². The van der Waals surface area contributed by atoms with E-state index in [1.54, 1.807) is 10.4 Å². The van der Waals surface area contributed by atoms with Crippen molar-refractivity contribution in [3.05, 3.63) is 68.7 Å². The maximum atomic E-state index is 12.1. The predicted octanol–water partition coefficient (Wildman–Crippen LogP) is 5.72. The molecule has 2 atom stereocenters. The minimum atomic E-state index is -3.18. The molecule has 1 fully saturated rings. The Morgan fingerprint density at radius 1 is 0.964 bits per heavy atom. The van der Waals surface area contributed by atoms with E-state index in [0.29, 0.717) is 40.0 Å². The van der Waals surface area contributed by atoms with Crippen molar-refractivity contribution in [3.63, 3.8) is 0 Å². The monoisotopic (exact) mass is 459 g/mol. The second-order valence-corrected chi connectivity index (χ2v) is 10.8. The molecule has 3 rings (SSSR count). The normalized spacial score (nSPS) is 20.6. The fourth-order valence-corrected chi connectivity index (χ4v) is 5.48. The lowest BCUT2D eigenvalue weighted by molar-refractivity contribution is 0.382. The van der Waals surface area contributed by atoms with E-state index in [1.807, 2.05) is 36.4 Å². The van der Waals surface area contributed by atoms with Gasteiger partial charge in [0.15, 0.2) is 0 Å². The highest BCUT2D eigenvalue weighted by atomic mass is 35.5. The SMILES string of the molecule is CS(=O)(=O)N1C[C@@H](Cc2ccc(Cl)cc2)[C@@H](CCCc2ccc(Cl)cc2Cl)C1. The van der Waals surface area contributed by atoms with Crippen molar-refractivity contribution in [1.29, 1.82) is 0 Å². The van der Waals surface area contributed by atoms with E-state index in [4.69, 9.17) is 34.8 Å². The lowest BCUT2D eigenvalue weighted by Crippen LogP contribution is -2.28. The van der Waals surface area contributed by atoms with E-state index in [2.05, 4.69) is 0 Å². The maximum Gasteiger partial charge on any atom is 0.211 e. The molecule has 3 nitrogen and oxygen atoms in total. The Hall–Kier alpha value is -0.780. The molecule has 152 valence electrons. The first-order chi connectivity index (χ1) is 13.2. The van der Waals surface area contributed by atoms with Crippen molar-refractivity contribution >= 4 is 44.8 Å². The highest BCUT2D eigenvalue weighted by Gasteiger charge is 2.36. The van der Waals surface area contributed by atoms with Gasteiger partial charge in [0.05, 0.1) is 6.26 Å². The highest BCUT2D eigenvalue weighted by Crippen LogP contribution is 2.33. The summed E-state index contributed by atoms with van der Waals surface area (Å²) in [5.74, 6) is 0.632. The highest BCUT2D eigenvalue weighted by molar-refractivity contribution is 7.88. The van der Waals surface area contributed by atoms with Crippen LogP contribution in [0.4, 0.5) is 0 Å². The molecule has 0 spiro atoms. The zero-order chi connectivity index (χ0) is 20.3. The zero-order valence-corrected chi connectivity index (χ0v) is 18.8. The van der Waals surface area contributed by atoms with Gasteiger partial charge < -0.3 is 0 Å². The van der Waals surface area contributed by atoms with Crippen LogP contribution < -0.4 is 0 Å². The molecule has 0 bridgehead atoms. The molecule has 0 radical (unpaired) electrons. The molecule has 2 aromatic carbocycles. The molecule has 0 unspecified atom stereocenters. The van der Waals surface area contributed by atoms with Crippen LogP contribution in [0.1, 0.15) is 24.0 Å². The van der Waals surface area contributed by atoms with E-state index in [9.17, 15) is 8.42 Å². The average molecular weight is 461 g/mol. The molecule has 1 aliphatic heterocycles. The number of nitrogens with zero attached hydrogens (tertiary/aromatic N) is 1. The molecule has 7 heteroatoms. The topological polar surface area (TPSA) is 37.4 Å². The van der Waals surface area contributed by atoms with Crippen LogP contribution in [0.3, 0.4) is 0 Å². The number of aryl methyl sites for hydroxylation is 1. The zero-order valence-electron chi connectivity index (χ0n) is 15.7. The minimum absolute atomic E-state index is 0.302. The van der Waals surface area contributed by atoms with Gasteiger partial charge >= 0.3 is 0 Å². The third kappa shape index (κ3) is 5.87. The van der Waals surface area contributed by atoms with E-state index in [0.717, 1.165) is 31.2 Å². The Balaban J connectivity index is 1.65. The molecule has 0 amide bonds. The third-order valence-electron chi connectivity index (χ3n) is 5.46. The van der Waals surface area contributed by atoms with Crippen LogP contribution in [-0.2, 0) is 22.9 Å². The summed E-state index contributed by atoms with van der Waals surface area (Å²) >= 11 is 18.2. The van der Waals surface area contributed by atoms with Crippen LogP contribution in [0.2, 0.25) is 15.1 Å². The van der Waals surface area contributed by atoms with Crippen LogP contribution in [-0.4, -0.2) is 32.1 Å². The summed E-state index contributed by atoms with van der Waals surface area (Å²) < 4.78 is 25.8. The molecule has 1 saturated heterocycles. The third-order valence-corrected chi connectivity index (χ3v) is 7.53. The molecule has 1 heterocycles. The quantitative estimate of drug-likeness (QED) is 0.530. The Labute approximate surface area is 182 Å². The van der Waals surface area contributed by atoms with Crippen molar-refractivity contribution in [2.45, 2.75) is 25.7 Å². The van der Waals surface area contributed by atoms with Crippen LogP contribution >= 0.6 is 34.8 Å². The first kappa shape index (κ1) is 21.9. The van der Waals surface area contributed by atoms with Gasteiger partial charge in [-0.1, -0.05) is 53.0 Å². The number of sulfonamides is 1. The maximum absolute atomic E-state index is 12.1. The number of benzene rings is 2. The predicted molar refractivity (Wildman–Crippen MR) is 118 cm³/mol. The molecule has 2 aromatic rings. The van der Waals surface area contributed by atoms with Gasteiger partial charge in [-0.15, -0.1) is 0 Å². The first-order valence-electron chi connectivity index (χ1n) is 9.36. The largest absolute Gasteiger partial charge is 0.213 e. The molecule has 0 N–H and O–H groups in total.